The molecule has 0 saturated carbocycles. The fourth-order valence-corrected chi connectivity index (χ4v) is 1.86. The first-order valence-electron chi connectivity index (χ1n) is 5.57. The van der Waals surface area contributed by atoms with E-state index in [4.69, 9.17) is 5.84 Å². The van der Waals surface area contributed by atoms with E-state index in [0.29, 0.717) is 11.3 Å². The highest BCUT2D eigenvalue weighted by Gasteiger charge is 2.12. The van der Waals surface area contributed by atoms with E-state index in [-0.39, 0.29) is 16.0 Å². The summed E-state index contributed by atoms with van der Waals surface area (Å²) in [5, 5.41) is 2.64. The number of amides is 1. The lowest BCUT2D eigenvalue weighted by atomic mass is 10.2. The Bertz CT molecular complexity index is 664. The first-order chi connectivity index (χ1) is 9.51. The van der Waals surface area contributed by atoms with Crippen molar-refractivity contribution in [2.24, 2.45) is 5.84 Å². The Morgan fingerprint density at radius 1 is 1.40 bits per heavy atom. The number of benzene rings is 1. The molecule has 1 aromatic heterocycles. The van der Waals surface area contributed by atoms with Gasteiger partial charge in [0.2, 0.25) is 0 Å². The first-order valence-corrected chi connectivity index (χ1v) is 6.36. The highest BCUT2D eigenvalue weighted by atomic mass is 79.9. The molecule has 0 unspecified atom stereocenters. The van der Waals surface area contributed by atoms with Crippen LogP contribution in [0.25, 0.3) is 0 Å². The zero-order chi connectivity index (χ0) is 14.7. The van der Waals surface area contributed by atoms with E-state index in [1.807, 2.05) is 0 Å². The topological polar surface area (TPSA) is 92.9 Å². The molecule has 20 heavy (non-hydrogen) atoms. The van der Waals surface area contributed by atoms with Gasteiger partial charge in [0, 0.05) is 5.69 Å². The Balaban J connectivity index is 2.25. The maximum atomic E-state index is 13.3. The van der Waals surface area contributed by atoms with Gasteiger partial charge in [0.15, 0.2) is 5.82 Å². The molecule has 0 bridgehead atoms. The molecule has 0 radical (unpaired) electrons. The number of carbonyl (C=O) groups excluding carboxylic acids is 1. The molecule has 0 saturated heterocycles. The summed E-state index contributed by atoms with van der Waals surface area (Å²) >= 11 is 3.07. The Kier molecular flexibility index (Phi) is 4.26. The summed E-state index contributed by atoms with van der Waals surface area (Å²) in [5.41, 5.74) is 3.48. The first kappa shape index (κ1) is 14.4. The van der Waals surface area contributed by atoms with Crippen molar-refractivity contribution in [1.29, 1.82) is 0 Å². The summed E-state index contributed by atoms with van der Waals surface area (Å²) in [7, 11) is 0. The van der Waals surface area contributed by atoms with Crippen LogP contribution in [0, 0.1) is 12.7 Å². The second-order valence-corrected chi connectivity index (χ2v) is 4.82. The third-order valence-electron chi connectivity index (χ3n) is 2.53. The molecule has 0 aliphatic rings. The summed E-state index contributed by atoms with van der Waals surface area (Å²) in [4.78, 5) is 19.8. The van der Waals surface area contributed by atoms with E-state index in [0.717, 1.165) is 0 Å². The number of nitrogens with one attached hydrogen (secondary N) is 2. The lowest BCUT2D eigenvalue weighted by Crippen LogP contribution is -2.17. The van der Waals surface area contributed by atoms with Gasteiger partial charge in [-0.2, -0.15) is 0 Å². The van der Waals surface area contributed by atoms with Gasteiger partial charge >= 0.3 is 0 Å². The monoisotopic (exact) mass is 339 g/mol. The highest BCUT2D eigenvalue weighted by Crippen LogP contribution is 2.24. The summed E-state index contributed by atoms with van der Waals surface area (Å²) < 4.78 is 13.6. The molecule has 0 aliphatic carbocycles. The van der Waals surface area contributed by atoms with Crippen LogP contribution in [0.5, 0.6) is 0 Å². The number of carbonyl (C=O) groups is 1. The predicted molar refractivity (Wildman–Crippen MR) is 76.6 cm³/mol. The van der Waals surface area contributed by atoms with Gasteiger partial charge in [0.1, 0.15) is 11.5 Å². The predicted octanol–water partition coefficient (Wildman–Crippen LogP) is 2.22. The van der Waals surface area contributed by atoms with Gasteiger partial charge in [-0.25, -0.2) is 15.2 Å². The van der Waals surface area contributed by atoms with Gasteiger partial charge in [-0.05, 0) is 40.5 Å². The molecule has 1 heterocycles. The minimum Gasteiger partial charge on any atom is -0.320 e. The molecule has 8 heteroatoms. The standard InChI is InChI=1S/C12H11BrFN5O/c1-6-2-8(14)7(13)3-9(6)18-12(20)10-4-16-5-11(17-10)19-15/h2-5H,15H2,1H3,(H,17,19)(H,18,20). The van der Waals surface area contributed by atoms with E-state index in [2.05, 4.69) is 36.6 Å². The number of halogens is 2. The summed E-state index contributed by atoms with van der Waals surface area (Å²) in [5.74, 6) is 4.62. The minimum atomic E-state index is -0.462. The van der Waals surface area contributed by atoms with Crippen molar-refractivity contribution in [3.05, 3.63) is 46.1 Å². The molecule has 6 nitrogen and oxygen atoms in total. The maximum Gasteiger partial charge on any atom is 0.275 e. The van der Waals surface area contributed by atoms with Crippen molar-refractivity contribution >= 4 is 33.3 Å². The SMILES string of the molecule is Cc1cc(F)c(Br)cc1NC(=O)c1cncc(NN)n1. The lowest BCUT2D eigenvalue weighted by Gasteiger charge is -2.09. The molecule has 1 amide bonds. The minimum absolute atomic E-state index is 0.0975. The van der Waals surface area contributed by atoms with Crippen LogP contribution in [0.4, 0.5) is 15.9 Å². The van der Waals surface area contributed by atoms with Gasteiger partial charge in [-0.1, -0.05) is 0 Å². The van der Waals surface area contributed by atoms with Crippen molar-refractivity contribution in [1.82, 2.24) is 9.97 Å². The molecule has 104 valence electrons. The van der Waals surface area contributed by atoms with Crippen LogP contribution in [-0.4, -0.2) is 15.9 Å². The van der Waals surface area contributed by atoms with Crippen molar-refractivity contribution in [2.75, 3.05) is 10.7 Å². The van der Waals surface area contributed by atoms with Crippen molar-refractivity contribution in [2.45, 2.75) is 6.92 Å². The van der Waals surface area contributed by atoms with Gasteiger partial charge in [0.25, 0.3) is 5.91 Å². The van der Waals surface area contributed by atoms with E-state index in [9.17, 15) is 9.18 Å². The number of aryl methyl sites for hydroxylation is 1. The second kappa shape index (κ2) is 5.93. The molecule has 0 aliphatic heterocycles. The van der Waals surface area contributed by atoms with Crippen LogP contribution < -0.4 is 16.6 Å². The number of nitrogens with zero attached hydrogens (tertiary/aromatic N) is 2. The van der Waals surface area contributed by atoms with Gasteiger partial charge < -0.3 is 10.7 Å². The van der Waals surface area contributed by atoms with Crippen molar-refractivity contribution in [3.8, 4) is 0 Å². The number of anilines is 2. The molecule has 2 aromatic rings. The Hall–Kier alpha value is -2.06. The Morgan fingerprint density at radius 2 is 2.15 bits per heavy atom. The van der Waals surface area contributed by atoms with Crippen LogP contribution in [0.3, 0.4) is 0 Å². The van der Waals surface area contributed by atoms with E-state index in [1.54, 1.807) is 6.92 Å². The summed E-state index contributed by atoms with van der Waals surface area (Å²) in [6, 6.07) is 2.81. The highest BCUT2D eigenvalue weighted by molar-refractivity contribution is 9.10. The molecular weight excluding hydrogens is 329 g/mol. The van der Waals surface area contributed by atoms with Gasteiger partial charge in [-0.15, -0.1) is 0 Å². The maximum absolute atomic E-state index is 13.3. The van der Waals surface area contributed by atoms with Crippen molar-refractivity contribution < 1.29 is 9.18 Å². The lowest BCUT2D eigenvalue weighted by molar-refractivity contribution is 0.102. The molecule has 4 N–H and O–H groups in total. The zero-order valence-corrected chi connectivity index (χ0v) is 12.0. The average molecular weight is 340 g/mol. The molecule has 1 aromatic carbocycles. The van der Waals surface area contributed by atoms with Gasteiger partial charge in [-0.3, -0.25) is 9.78 Å². The quantitative estimate of drug-likeness (QED) is 0.589. The molecular formula is C12H11BrFN5O. The van der Waals surface area contributed by atoms with Crippen LogP contribution in [0.1, 0.15) is 16.1 Å². The fraction of sp³-hybridized carbons (Fsp3) is 0.0833. The van der Waals surface area contributed by atoms with Crippen LogP contribution >= 0.6 is 15.9 Å². The average Bonchev–Trinajstić information content (AvgIpc) is 2.44. The molecule has 0 atom stereocenters. The molecule has 0 spiro atoms. The van der Waals surface area contributed by atoms with E-state index < -0.39 is 11.7 Å². The third-order valence-corrected chi connectivity index (χ3v) is 3.14. The third kappa shape index (κ3) is 3.09. The number of rotatable bonds is 3. The van der Waals surface area contributed by atoms with Gasteiger partial charge in [0.05, 0.1) is 16.9 Å². The zero-order valence-electron chi connectivity index (χ0n) is 10.4. The largest absolute Gasteiger partial charge is 0.320 e. The smallest absolute Gasteiger partial charge is 0.275 e. The number of hydrazine groups is 1. The number of nitrogen functional groups attached to an aromatic ring is 1. The van der Waals surface area contributed by atoms with Crippen LogP contribution in [0.2, 0.25) is 0 Å². The molecule has 0 fully saturated rings. The van der Waals surface area contributed by atoms with Crippen LogP contribution in [0.15, 0.2) is 29.0 Å². The Labute approximate surface area is 122 Å². The number of aromatic nitrogens is 2. The van der Waals surface area contributed by atoms with E-state index >= 15 is 0 Å². The summed E-state index contributed by atoms with van der Waals surface area (Å²) in [6.07, 6.45) is 2.70. The Morgan fingerprint density at radius 3 is 2.85 bits per heavy atom. The number of nitrogens with two attached hydrogens (primary N) is 1. The van der Waals surface area contributed by atoms with E-state index in [1.165, 1.54) is 24.5 Å². The van der Waals surface area contributed by atoms with Crippen LogP contribution in [-0.2, 0) is 0 Å². The summed E-state index contributed by atoms with van der Waals surface area (Å²) in [6.45, 7) is 1.69. The normalized spacial score (nSPS) is 10.2. The number of hydrogen-bond acceptors (Lipinski definition) is 5. The van der Waals surface area contributed by atoms with Crippen molar-refractivity contribution in [3.63, 3.8) is 0 Å². The number of hydrogen-bond donors (Lipinski definition) is 3. The second-order valence-electron chi connectivity index (χ2n) is 3.97. The molecule has 2 rings (SSSR count). The fourth-order valence-electron chi connectivity index (χ4n) is 1.51.